The third-order valence-corrected chi connectivity index (χ3v) is 4.05. The molecule has 0 radical (unpaired) electrons. The molecule has 8 nitrogen and oxygen atoms in total. The number of hydrogen-bond donors (Lipinski definition) is 1. The molecule has 0 fully saturated rings. The molecule has 0 saturated heterocycles. The van der Waals surface area contributed by atoms with E-state index in [1.165, 1.54) is 6.07 Å². The van der Waals surface area contributed by atoms with Crippen molar-refractivity contribution in [3.8, 4) is 0 Å². The Morgan fingerprint density at radius 1 is 1.14 bits per heavy atom. The number of ether oxygens (including phenoxy) is 1. The maximum atomic E-state index is 12.4. The van der Waals surface area contributed by atoms with Crippen molar-refractivity contribution >= 4 is 23.3 Å². The van der Waals surface area contributed by atoms with E-state index in [9.17, 15) is 19.7 Å². The van der Waals surface area contributed by atoms with Gasteiger partial charge in [0, 0.05) is 43.5 Å². The van der Waals surface area contributed by atoms with Gasteiger partial charge in [-0.25, -0.2) is 4.79 Å². The van der Waals surface area contributed by atoms with Crippen LogP contribution in [0.4, 0.5) is 11.4 Å². The Labute approximate surface area is 163 Å². The normalized spacial score (nSPS) is 10.2. The number of rotatable bonds is 9. The average Bonchev–Trinajstić information content (AvgIpc) is 2.71. The summed E-state index contributed by atoms with van der Waals surface area (Å²) in [5.74, 6) is -1.18. The minimum atomic E-state index is -0.704. The zero-order valence-corrected chi connectivity index (χ0v) is 15.9. The number of anilines is 1. The predicted octanol–water partition coefficient (Wildman–Crippen LogP) is 3.03. The third kappa shape index (κ3) is 5.80. The molecule has 0 aliphatic carbocycles. The van der Waals surface area contributed by atoms with Gasteiger partial charge >= 0.3 is 5.97 Å². The van der Waals surface area contributed by atoms with Gasteiger partial charge in [0.15, 0.2) is 0 Å². The lowest BCUT2D eigenvalue weighted by atomic mass is 10.1. The van der Waals surface area contributed by atoms with Gasteiger partial charge in [0.2, 0.25) is 0 Å². The molecule has 0 heterocycles. The highest BCUT2D eigenvalue weighted by atomic mass is 16.6. The van der Waals surface area contributed by atoms with Gasteiger partial charge in [-0.1, -0.05) is 18.2 Å². The monoisotopic (exact) mass is 385 g/mol. The summed E-state index contributed by atoms with van der Waals surface area (Å²) < 4.78 is 4.87. The first-order valence-corrected chi connectivity index (χ1v) is 8.93. The van der Waals surface area contributed by atoms with Crippen LogP contribution in [0.5, 0.6) is 0 Å². The summed E-state index contributed by atoms with van der Waals surface area (Å²) in [5, 5.41) is 13.8. The molecule has 1 N–H and O–H groups in total. The Kier molecular flexibility index (Phi) is 7.50. The standard InChI is InChI=1S/C20H23N3O5/c1-3-28-20(25)16-12-15(13-18(14-16)23(26)27)19(24)21-10-7-11-22(2)17-8-5-4-6-9-17/h4-6,8-9,12-14H,3,7,10-11H2,1-2H3,(H,21,24). The van der Waals surface area contributed by atoms with Crippen molar-refractivity contribution in [2.24, 2.45) is 0 Å². The molecule has 8 heteroatoms. The summed E-state index contributed by atoms with van der Waals surface area (Å²) in [6.07, 6.45) is 0.691. The minimum absolute atomic E-state index is 0.0231. The largest absolute Gasteiger partial charge is 0.462 e. The smallest absolute Gasteiger partial charge is 0.338 e. The second-order valence-electron chi connectivity index (χ2n) is 6.11. The van der Waals surface area contributed by atoms with E-state index >= 15 is 0 Å². The van der Waals surface area contributed by atoms with Crippen LogP contribution in [0.15, 0.2) is 48.5 Å². The zero-order valence-electron chi connectivity index (χ0n) is 15.9. The summed E-state index contributed by atoms with van der Waals surface area (Å²) in [5.41, 5.74) is 0.768. The van der Waals surface area contributed by atoms with Crippen LogP contribution in [-0.2, 0) is 4.74 Å². The number of nitrogens with zero attached hydrogens (tertiary/aromatic N) is 2. The van der Waals surface area contributed by atoms with Crippen LogP contribution in [0.1, 0.15) is 34.1 Å². The van der Waals surface area contributed by atoms with Crippen LogP contribution in [0, 0.1) is 10.1 Å². The summed E-state index contributed by atoms with van der Waals surface area (Å²) in [6.45, 7) is 2.90. The second kappa shape index (κ2) is 10.1. The fraction of sp³-hybridized carbons (Fsp3) is 0.300. The Bertz CT molecular complexity index is 839. The lowest BCUT2D eigenvalue weighted by molar-refractivity contribution is -0.384. The third-order valence-electron chi connectivity index (χ3n) is 4.05. The van der Waals surface area contributed by atoms with Crippen LogP contribution in [0.2, 0.25) is 0 Å². The quantitative estimate of drug-likeness (QED) is 0.308. The minimum Gasteiger partial charge on any atom is -0.462 e. The molecule has 0 spiro atoms. The van der Waals surface area contributed by atoms with Gasteiger partial charge in [-0.05, 0) is 31.5 Å². The van der Waals surface area contributed by atoms with Crippen LogP contribution in [0.3, 0.4) is 0 Å². The van der Waals surface area contributed by atoms with Crippen LogP contribution < -0.4 is 10.2 Å². The highest BCUT2D eigenvalue weighted by Gasteiger charge is 2.18. The molecule has 0 aliphatic rings. The van der Waals surface area contributed by atoms with E-state index in [4.69, 9.17) is 4.74 Å². The maximum Gasteiger partial charge on any atom is 0.338 e. The molecule has 0 atom stereocenters. The van der Waals surface area contributed by atoms with Crippen molar-refractivity contribution in [1.82, 2.24) is 5.32 Å². The lowest BCUT2D eigenvalue weighted by Gasteiger charge is -2.19. The summed E-state index contributed by atoms with van der Waals surface area (Å²) in [6, 6.07) is 13.4. The number of nitro benzene ring substituents is 1. The van der Waals surface area contributed by atoms with Crippen molar-refractivity contribution < 1.29 is 19.2 Å². The number of non-ortho nitro benzene ring substituents is 1. The Morgan fingerprint density at radius 2 is 1.82 bits per heavy atom. The van der Waals surface area contributed by atoms with Gasteiger partial charge in [0.05, 0.1) is 17.1 Å². The van der Waals surface area contributed by atoms with Crippen molar-refractivity contribution in [3.05, 3.63) is 69.8 Å². The molecule has 0 aliphatic heterocycles. The highest BCUT2D eigenvalue weighted by Crippen LogP contribution is 2.18. The molecule has 0 bridgehead atoms. The molecule has 0 saturated carbocycles. The first-order chi connectivity index (χ1) is 13.4. The van der Waals surface area contributed by atoms with Gasteiger partial charge in [0.1, 0.15) is 0 Å². The fourth-order valence-corrected chi connectivity index (χ4v) is 2.61. The lowest BCUT2D eigenvalue weighted by Crippen LogP contribution is -2.28. The van der Waals surface area contributed by atoms with Crippen molar-refractivity contribution in [2.45, 2.75) is 13.3 Å². The van der Waals surface area contributed by atoms with Crippen LogP contribution >= 0.6 is 0 Å². The number of carbonyl (C=O) groups is 2. The summed E-state index contributed by atoms with van der Waals surface area (Å²) in [7, 11) is 1.96. The van der Waals surface area contributed by atoms with E-state index in [0.717, 1.165) is 24.4 Å². The Morgan fingerprint density at radius 3 is 2.46 bits per heavy atom. The van der Waals surface area contributed by atoms with Crippen molar-refractivity contribution in [2.75, 3.05) is 31.6 Å². The van der Waals surface area contributed by atoms with E-state index in [-0.39, 0.29) is 23.4 Å². The topological polar surface area (TPSA) is 102 Å². The zero-order chi connectivity index (χ0) is 20.5. The molecule has 2 aromatic rings. The summed E-state index contributed by atoms with van der Waals surface area (Å²) >= 11 is 0. The molecule has 28 heavy (non-hydrogen) atoms. The van der Waals surface area contributed by atoms with E-state index in [1.807, 2.05) is 37.4 Å². The first-order valence-electron chi connectivity index (χ1n) is 8.93. The van der Waals surface area contributed by atoms with Crippen molar-refractivity contribution in [1.29, 1.82) is 0 Å². The van der Waals surface area contributed by atoms with Crippen LogP contribution in [-0.4, -0.2) is 43.5 Å². The molecule has 2 aromatic carbocycles. The second-order valence-corrected chi connectivity index (χ2v) is 6.11. The van der Waals surface area contributed by atoms with Crippen molar-refractivity contribution in [3.63, 3.8) is 0 Å². The number of hydrogen-bond acceptors (Lipinski definition) is 6. The van der Waals surface area contributed by atoms with E-state index < -0.39 is 16.8 Å². The summed E-state index contributed by atoms with van der Waals surface area (Å²) in [4.78, 5) is 36.8. The van der Waals surface area contributed by atoms with Crippen LogP contribution in [0.25, 0.3) is 0 Å². The number of para-hydroxylation sites is 1. The van der Waals surface area contributed by atoms with E-state index in [1.54, 1.807) is 6.92 Å². The van der Waals surface area contributed by atoms with Gasteiger partial charge in [0.25, 0.3) is 11.6 Å². The maximum absolute atomic E-state index is 12.4. The molecular weight excluding hydrogens is 362 g/mol. The Balaban J connectivity index is 1.97. The Hall–Kier alpha value is -3.42. The molecule has 0 aromatic heterocycles. The van der Waals surface area contributed by atoms with Gasteiger partial charge in [-0.15, -0.1) is 0 Å². The molecule has 2 rings (SSSR count). The van der Waals surface area contributed by atoms with Gasteiger partial charge in [-0.2, -0.15) is 0 Å². The first kappa shape index (κ1) is 20.9. The average molecular weight is 385 g/mol. The van der Waals surface area contributed by atoms with E-state index in [2.05, 4.69) is 10.2 Å². The highest BCUT2D eigenvalue weighted by molar-refractivity contribution is 5.99. The SMILES string of the molecule is CCOC(=O)c1cc(C(=O)NCCCN(C)c2ccccc2)cc([N+](=O)[O-])c1. The number of nitro groups is 1. The number of amides is 1. The van der Waals surface area contributed by atoms with Gasteiger partial charge < -0.3 is 15.0 Å². The molecule has 1 amide bonds. The molecule has 148 valence electrons. The molecular formula is C20H23N3O5. The predicted molar refractivity (Wildman–Crippen MR) is 106 cm³/mol. The van der Waals surface area contributed by atoms with E-state index in [0.29, 0.717) is 13.0 Å². The number of nitrogens with one attached hydrogen (secondary N) is 1. The molecule has 0 unspecified atom stereocenters. The number of benzene rings is 2. The fourth-order valence-electron chi connectivity index (χ4n) is 2.61. The van der Waals surface area contributed by atoms with Gasteiger partial charge in [-0.3, -0.25) is 14.9 Å². The number of esters is 1. The number of carbonyl (C=O) groups excluding carboxylic acids is 2.